The minimum Gasteiger partial charge on any atom is -0.436 e. The minimum absolute atomic E-state index is 0.444. The summed E-state index contributed by atoms with van der Waals surface area (Å²) < 4.78 is 3.83. The number of rotatable bonds is 2. The molecular formula is C19H10Cl4N2O2. The Morgan fingerprint density at radius 1 is 1.00 bits per heavy atom. The van der Waals surface area contributed by atoms with Gasteiger partial charge < -0.3 is 9.73 Å². The van der Waals surface area contributed by atoms with Crippen LogP contribution in [0, 0.1) is 0 Å². The Morgan fingerprint density at radius 2 is 1.74 bits per heavy atom. The van der Waals surface area contributed by atoms with E-state index in [2.05, 4.69) is 10.3 Å². The van der Waals surface area contributed by atoms with Gasteiger partial charge in [0.1, 0.15) is 5.52 Å². The first-order valence-electron chi connectivity index (χ1n) is 7.79. The zero-order valence-corrected chi connectivity index (χ0v) is 16.5. The van der Waals surface area contributed by atoms with Crippen LogP contribution in [0.25, 0.3) is 33.3 Å². The molecular weight excluding hydrogens is 430 g/mol. The molecule has 0 bridgehead atoms. The molecule has 0 saturated heterocycles. The lowest BCUT2D eigenvalue weighted by molar-refractivity contribution is -0.115. The second-order valence-corrected chi connectivity index (χ2v) is 8.48. The standard InChI is InChI=1S/C19H10Cl4N2O2/c20-14-6-2-3-11-12(14)4-1-5-13(11)17-25-15-9-10(7-8-16(15)27-17)24-18(26)19(21,22)23/h1-9H,(H,24,26). The molecule has 0 aliphatic rings. The maximum absolute atomic E-state index is 11.8. The van der Waals surface area contributed by atoms with Gasteiger partial charge in [-0.25, -0.2) is 4.98 Å². The van der Waals surface area contributed by atoms with Crippen molar-refractivity contribution in [3.8, 4) is 11.5 Å². The van der Waals surface area contributed by atoms with E-state index >= 15 is 0 Å². The van der Waals surface area contributed by atoms with Crippen LogP contribution in [0.4, 0.5) is 5.69 Å². The predicted molar refractivity (Wildman–Crippen MR) is 111 cm³/mol. The average Bonchev–Trinajstić information content (AvgIpc) is 3.04. The Kier molecular flexibility index (Phi) is 4.68. The summed E-state index contributed by atoms with van der Waals surface area (Å²) >= 11 is 23.0. The zero-order chi connectivity index (χ0) is 19.2. The van der Waals surface area contributed by atoms with Gasteiger partial charge in [-0.05, 0) is 35.7 Å². The molecule has 0 spiro atoms. The lowest BCUT2D eigenvalue weighted by Gasteiger charge is -2.10. The van der Waals surface area contributed by atoms with Gasteiger partial charge in [0.2, 0.25) is 5.89 Å². The molecule has 0 aliphatic carbocycles. The molecule has 4 nitrogen and oxygen atoms in total. The van der Waals surface area contributed by atoms with E-state index in [9.17, 15) is 4.79 Å². The molecule has 1 aromatic heterocycles. The zero-order valence-electron chi connectivity index (χ0n) is 13.5. The van der Waals surface area contributed by atoms with Gasteiger partial charge in [-0.1, -0.05) is 70.7 Å². The molecule has 4 rings (SSSR count). The van der Waals surface area contributed by atoms with Crippen LogP contribution in [-0.4, -0.2) is 14.7 Å². The first-order chi connectivity index (χ1) is 12.8. The van der Waals surface area contributed by atoms with Crippen LogP contribution < -0.4 is 5.32 Å². The number of benzene rings is 3. The third kappa shape index (κ3) is 3.58. The van der Waals surface area contributed by atoms with Crippen LogP contribution in [0.1, 0.15) is 0 Å². The van der Waals surface area contributed by atoms with Crippen LogP contribution >= 0.6 is 46.4 Å². The van der Waals surface area contributed by atoms with Crippen LogP contribution in [-0.2, 0) is 4.79 Å². The minimum atomic E-state index is -2.05. The van der Waals surface area contributed by atoms with Crippen molar-refractivity contribution < 1.29 is 9.21 Å². The molecule has 1 heterocycles. The summed E-state index contributed by atoms with van der Waals surface area (Å²) in [6.45, 7) is 0. The molecule has 1 N–H and O–H groups in total. The lowest BCUT2D eigenvalue weighted by Crippen LogP contribution is -2.26. The molecule has 0 fully saturated rings. The van der Waals surface area contributed by atoms with E-state index in [0.717, 1.165) is 16.3 Å². The summed E-state index contributed by atoms with van der Waals surface area (Å²) in [6.07, 6.45) is 0. The summed E-state index contributed by atoms with van der Waals surface area (Å²) in [6, 6.07) is 16.4. The number of anilines is 1. The predicted octanol–water partition coefficient (Wildman–Crippen LogP) is 6.61. The highest BCUT2D eigenvalue weighted by molar-refractivity contribution is 6.76. The molecule has 3 aromatic carbocycles. The Bertz CT molecular complexity index is 1180. The quantitative estimate of drug-likeness (QED) is 0.357. The molecule has 1 amide bonds. The Labute approximate surface area is 174 Å². The lowest BCUT2D eigenvalue weighted by atomic mass is 10.0. The second-order valence-electron chi connectivity index (χ2n) is 5.79. The number of carbonyl (C=O) groups is 1. The van der Waals surface area contributed by atoms with Crippen molar-refractivity contribution in [2.45, 2.75) is 3.79 Å². The van der Waals surface area contributed by atoms with Crippen LogP contribution in [0.2, 0.25) is 5.02 Å². The van der Waals surface area contributed by atoms with E-state index in [-0.39, 0.29) is 0 Å². The average molecular weight is 440 g/mol. The van der Waals surface area contributed by atoms with Crippen molar-refractivity contribution in [3.05, 3.63) is 59.6 Å². The summed E-state index contributed by atoms with van der Waals surface area (Å²) in [5.41, 5.74) is 2.39. The van der Waals surface area contributed by atoms with Gasteiger partial charge >= 0.3 is 0 Å². The van der Waals surface area contributed by atoms with Gasteiger partial charge in [-0.2, -0.15) is 0 Å². The van der Waals surface area contributed by atoms with Gasteiger partial charge in [-0.3, -0.25) is 4.79 Å². The summed E-state index contributed by atoms with van der Waals surface area (Å²) in [7, 11) is 0. The third-order valence-corrected chi connectivity index (χ3v) is 4.85. The van der Waals surface area contributed by atoms with Gasteiger partial charge in [-0.15, -0.1) is 0 Å². The highest BCUT2D eigenvalue weighted by Crippen LogP contribution is 2.34. The van der Waals surface area contributed by atoms with Crippen molar-refractivity contribution in [1.29, 1.82) is 0 Å². The number of fused-ring (bicyclic) bond motifs is 2. The summed E-state index contributed by atoms with van der Waals surface area (Å²) in [4.78, 5) is 16.3. The van der Waals surface area contributed by atoms with Gasteiger partial charge in [0.25, 0.3) is 9.70 Å². The number of carbonyl (C=O) groups excluding carboxylic acids is 1. The first kappa shape index (κ1) is 18.4. The van der Waals surface area contributed by atoms with Crippen LogP contribution in [0.15, 0.2) is 59.0 Å². The van der Waals surface area contributed by atoms with Gasteiger partial charge in [0, 0.05) is 21.7 Å². The number of hydrogen-bond acceptors (Lipinski definition) is 3. The van der Waals surface area contributed by atoms with Crippen molar-refractivity contribution in [1.82, 2.24) is 4.98 Å². The maximum atomic E-state index is 11.8. The van der Waals surface area contributed by atoms with Crippen molar-refractivity contribution in [3.63, 3.8) is 0 Å². The number of amides is 1. The fourth-order valence-electron chi connectivity index (χ4n) is 2.78. The number of aromatic nitrogens is 1. The number of nitrogens with one attached hydrogen (secondary N) is 1. The molecule has 136 valence electrons. The van der Waals surface area contributed by atoms with Crippen molar-refractivity contribution in [2.24, 2.45) is 0 Å². The highest BCUT2D eigenvalue weighted by Gasteiger charge is 2.30. The third-order valence-electron chi connectivity index (χ3n) is 4.00. The van der Waals surface area contributed by atoms with Crippen LogP contribution in [0.3, 0.4) is 0 Å². The maximum Gasteiger partial charge on any atom is 0.276 e. The summed E-state index contributed by atoms with van der Waals surface area (Å²) in [5.74, 6) is -0.304. The number of nitrogens with zero attached hydrogens (tertiary/aromatic N) is 1. The topological polar surface area (TPSA) is 55.1 Å². The fourth-order valence-corrected chi connectivity index (χ4v) is 3.16. The van der Waals surface area contributed by atoms with Gasteiger partial charge in [0.05, 0.1) is 0 Å². The van der Waals surface area contributed by atoms with E-state index < -0.39 is 9.70 Å². The van der Waals surface area contributed by atoms with E-state index in [0.29, 0.717) is 27.7 Å². The first-order valence-corrected chi connectivity index (χ1v) is 9.30. The number of hydrogen-bond donors (Lipinski definition) is 1. The SMILES string of the molecule is O=C(Nc1ccc2oc(-c3cccc4c(Cl)cccc34)nc2c1)C(Cl)(Cl)Cl. The summed E-state index contributed by atoms with van der Waals surface area (Å²) in [5, 5.41) is 5.02. The fraction of sp³-hybridized carbons (Fsp3) is 0.0526. The molecule has 4 aromatic rings. The number of alkyl halides is 3. The van der Waals surface area contributed by atoms with Gasteiger partial charge in [0.15, 0.2) is 5.58 Å². The number of oxazole rings is 1. The normalized spacial score (nSPS) is 11.9. The molecule has 27 heavy (non-hydrogen) atoms. The Balaban J connectivity index is 1.77. The van der Waals surface area contributed by atoms with E-state index in [1.54, 1.807) is 18.2 Å². The van der Waals surface area contributed by atoms with Crippen molar-refractivity contribution >= 4 is 79.9 Å². The van der Waals surface area contributed by atoms with Crippen molar-refractivity contribution in [2.75, 3.05) is 5.32 Å². The molecule has 8 heteroatoms. The Morgan fingerprint density at radius 3 is 2.52 bits per heavy atom. The largest absolute Gasteiger partial charge is 0.436 e. The number of halogens is 4. The smallest absolute Gasteiger partial charge is 0.276 e. The monoisotopic (exact) mass is 438 g/mol. The molecule has 0 aliphatic heterocycles. The van der Waals surface area contributed by atoms with E-state index in [1.807, 2.05) is 36.4 Å². The molecule has 0 radical (unpaired) electrons. The van der Waals surface area contributed by atoms with E-state index in [1.165, 1.54) is 0 Å². The molecule has 0 atom stereocenters. The molecule has 0 saturated carbocycles. The second kappa shape index (κ2) is 6.88. The molecule has 0 unspecified atom stereocenters. The van der Waals surface area contributed by atoms with E-state index in [4.69, 9.17) is 50.8 Å². The Hall–Kier alpha value is -1.98. The highest BCUT2D eigenvalue weighted by atomic mass is 35.6. The van der Waals surface area contributed by atoms with Crippen LogP contribution in [0.5, 0.6) is 0 Å².